The van der Waals surface area contributed by atoms with E-state index >= 15 is 0 Å². The van der Waals surface area contributed by atoms with Gasteiger partial charge in [-0.2, -0.15) is 0 Å². The molecule has 2 saturated heterocycles. The van der Waals surface area contributed by atoms with Gasteiger partial charge in [0.25, 0.3) is 11.7 Å². The van der Waals surface area contributed by atoms with Gasteiger partial charge in [0.05, 0.1) is 37.6 Å². The van der Waals surface area contributed by atoms with Gasteiger partial charge in [0.1, 0.15) is 24.0 Å². The molecule has 0 aromatic heterocycles. The topological polar surface area (TPSA) is 184 Å². The molecule has 14 nitrogen and oxygen atoms in total. The van der Waals surface area contributed by atoms with E-state index in [0.717, 1.165) is 18.4 Å². The molecule has 0 spiro atoms. The number of hydrogen-bond donors (Lipinski definition) is 2. The van der Waals surface area contributed by atoms with Crippen LogP contribution in [0.4, 0.5) is 0 Å². The lowest BCUT2D eigenvalue weighted by Crippen LogP contribution is -2.61. The number of carbonyl (C=O) groups is 5. The fourth-order valence-electron chi connectivity index (χ4n) is 10.4. The molecule has 4 rings (SSSR count). The number of nitrogens with zero attached hydrogens (tertiary/aromatic N) is 1. The number of rotatable bonds is 9. The van der Waals surface area contributed by atoms with E-state index in [4.69, 9.17) is 28.4 Å². The number of methoxy groups -OCH3 is 3. The molecule has 1 saturated carbocycles. The van der Waals surface area contributed by atoms with E-state index in [1.807, 2.05) is 58.1 Å². The Morgan fingerprint density at radius 2 is 1.58 bits per heavy atom. The van der Waals surface area contributed by atoms with Crippen molar-refractivity contribution in [3.05, 3.63) is 48.1 Å². The summed E-state index contributed by atoms with van der Waals surface area (Å²) < 4.78 is 35.8. The highest BCUT2D eigenvalue weighted by Crippen LogP contribution is 2.38. The number of fused-ring (bicyclic) bond motifs is 3. The van der Waals surface area contributed by atoms with Crippen LogP contribution in [-0.4, -0.2) is 134 Å². The number of piperidine rings is 1. The van der Waals surface area contributed by atoms with E-state index < -0.39 is 65.7 Å². The van der Waals surface area contributed by atoms with Crippen LogP contribution in [0.5, 0.6) is 0 Å². The molecule has 1 amide bonds. The number of carbonyl (C=O) groups excluding carboxylic acids is 5. The largest absolute Gasteiger partial charge is 0.460 e. The van der Waals surface area contributed by atoms with Crippen molar-refractivity contribution in [1.29, 1.82) is 0 Å². The highest BCUT2D eigenvalue weighted by Gasteiger charge is 2.53. The minimum absolute atomic E-state index is 0.0140. The smallest absolute Gasteiger partial charge is 0.329 e. The Morgan fingerprint density at radius 3 is 2.27 bits per heavy atom. The molecular weight excluding hydrogens is 859 g/mol. The summed E-state index contributed by atoms with van der Waals surface area (Å²) in [7, 11) is 4.76. The number of ether oxygens (including phenoxy) is 6. The van der Waals surface area contributed by atoms with Crippen LogP contribution in [0.3, 0.4) is 0 Å². The fourth-order valence-corrected chi connectivity index (χ4v) is 10.4. The van der Waals surface area contributed by atoms with Gasteiger partial charge in [-0.1, -0.05) is 84.1 Å². The average molecular weight is 942 g/mol. The van der Waals surface area contributed by atoms with Gasteiger partial charge in [0, 0.05) is 64.4 Å². The zero-order chi connectivity index (χ0) is 49.4. The molecule has 15 atom stereocenters. The van der Waals surface area contributed by atoms with Crippen LogP contribution in [-0.2, 0) is 52.4 Å². The van der Waals surface area contributed by atoms with Crippen LogP contribution in [0.15, 0.2) is 48.1 Å². The van der Waals surface area contributed by atoms with Crippen molar-refractivity contribution in [1.82, 2.24) is 4.90 Å². The maximum atomic E-state index is 14.4. The summed E-state index contributed by atoms with van der Waals surface area (Å²) in [5.74, 6) is -7.32. The Balaban J connectivity index is 1.67. The third-order valence-electron chi connectivity index (χ3n) is 14.8. The van der Waals surface area contributed by atoms with Crippen molar-refractivity contribution >= 4 is 29.2 Å². The quantitative estimate of drug-likeness (QED) is 0.136. The predicted octanol–water partition coefficient (Wildman–Crippen LogP) is 7.08. The van der Waals surface area contributed by atoms with E-state index in [9.17, 15) is 34.2 Å². The van der Waals surface area contributed by atoms with E-state index in [-0.39, 0.29) is 86.0 Å². The van der Waals surface area contributed by atoms with Crippen molar-refractivity contribution in [3.8, 4) is 0 Å². The van der Waals surface area contributed by atoms with Crippen LogP contribution in [0.2, 0.25) is 0 Å². The standard InChI is InChI=1S/C53H83NO13/c1-33-16-12-11-13-17-35(3)45(62-8)31-41-23-21-39(7)53(61,67-41)50(58)51(59)54-25-15-14-18-42(54)52(60)66-46(37(5)29-40-22-24-44(65-27-26-55)47(30-40)63-9)32-43(56)34(2)19-20-36(4)49(64-10)48(57)38(6)28-33/h11-13,16-17,19-20,33-34,36-42,44-47,49,55,61H,14-15,18,21-32H2,1-10H3/b13-11?,16-12+,20-19+,35-17?/t33-,34-,36-,37-,38-,39-,40+,41+,42+,44-,45+,46?,47-,49-,53-/m1/s1. The number of aliphatic hydroxyl groups excluding tert-OH is 1. The SMILES string of the molecule is CO[C@H]1C[C@@H]2CC[C@@H](C)[C@@](O)(O2)C(=O)C(=O)N2CCCC[C@H]2C(=O)OC([C@H](C)C[C@@H]2CC[C@@H](OCCO)[C@H](OC)C2)CC(=O)[C@H](C)/C=C/[C@@H](C)[C@@H](OC)C(=O)[C@H](C)C[C@H](C)/C=C/C=CC=C1C. The molecular formula is C53H83NO13. The van der Waals surface area contributed by atoms with Crippen LogP contribution in [0, 0.1) is 41.4 Å². The normalized spacial score (nSPS) is 37.9. The first kappa shape index (κ1) is 56.2. The van der Waals surface area contributed by atoms with Crippen LogP contribution in [0.1, 0.15) is 126 Å². The molecule has 0 aromatic rings. The number of Topliss-reactive ketones (excluding diaryl/α,β-unsaturated/α-hetero) is 3. The first-order valence-electron chi connectivity index (χ1n) is 24.9. The molecule has 67 heavy (non-hydrogen) atoms. The third-order valence-corrected chi connectivity index (χ3v) is 14.8. The highest BCUT2D eigenvalue weighted by molar-refractivity contribution is 6.39. The van der Waals surface area contributed by atoms with E-state index in [1.165, 1.54) is 12.0 Å². The first-order chi connectivity index (χ1) is 31.9. The average Bonchev–Trinajstić information content (AvgIpc) is 3.31. The van der Waals surface area contributed by atoms with Gasteiger partial charge in [-0.15, -0.1) is 0 Å². The zero-order valence-corrected chi connectivity index (χ0v) is 42.1. The second kappa shape index (κ2) is 27.1. The number of amides is 1. The van der Waals surface area contributed by atoms with Crippen molar-refractivity contribution in [2.75, 3.05) is 41.1 Å². The molecule has 3 fully saturated rings. The molecule has 1 unspecified atom stereocenters. The van der Waals surface area contributed by atoms with Crippen molar-refractivity contribution < 1.29 is 62.6 Å². The van der Waals surface area contributed by atoms with Gasteiger partial charge in [0.15, 0.2) is 5.78 Å². The minimum Gasteiger partial charge on any atom is -0.460 e. The van der Waals surface area contributed by atoms with Crippen LogP contribution < -0.4 is 0 Å². The van der Waals surface area contributed by atoms with Crippen LogP contribution in [0.25, 0.3) is 0 Å². The van der Waals surface area contributed by atoms with Gasteiger partial charge >= 0.3 is 5.97 Å². The molecule has 0 radical (unpaired) electrons. The summed E-state index contributed by atoms with van der Waals surface area (Å²) in [6, 6.07) is -1.11. The van der Waals surface area contributed by atoms with Crippen molar-refractivity contribution in [2.24, 2.45) is 41.4 Å². The number of aliphatic hydroxyl groups is 2. The van der Waals surface area contributed by atoms with Crippen molar-refractivity contribution in [3.63, 3.8) is 0 Å². The lowest BCUT2D eigenvalue weighted by molar-refractivity contribution is -0.265. The Kier molecular flexibility index (Phi) is 22.8. The van der Waals surface area contributed by atoms with Gasteiger partial charge in [-0.25, -0.2) is 4.79 Å². The molecule has 4 aliphatic rings. The maximum absolute atomic E-state index is 14.4. The fraction of sp³-hybridized carbons (Fsp3) is 0.755. The monoisotopic (exact) mass is 942 g/mol. The number of hydrogen-bond acceptors (Lipinski definition) is 13. The van der Waals surface area contributed by atoms with Crippen molar-refractivity contribution in [2.45, 2.75) is 174 Å². The van der Waals surface area contributed by atoms with Gasteiger partial charge < -0.3 is 43.5 Å². The summed E-state index contributed by atoms with van der Waals surface area (Å²) in [5, 5.41) is 21.3. The predicted molar refractivity (Wildman–Crippen MR) is 254 cm³/mol. The number of ketones is 3. The maximum Gasteiger partial charge on any atom is 0.329 e. The molecule has 2 bridgehead atoms. The number of esters is 1. The van der Waals surface area contributed by atoms with E-state index in [1.54, 1.807) is 34.1 Å². The number of cyclic esters (lactones) is 1. The van der Waals surface area contributed by atoms with E-state index in [2.05, 4.69) is 13.0 Å². The summed E-state index contributed by atoms with van der Waals surface area (Å²) in [6.07, 6.45) is 16.6. The molecule has 3 aliphatic heterocycles. The molecule has 2 N–H and O–H groups in total. The molecule has 378 valence electrons. The second-order valence-corrected chi connectivity index (χ2v) is 20.0. The Bertz CT molecular complexity index is 1760. The van der Waals surface area contributed by atoms with Gasteiger partial charge in [-0.05, 0) is 94.5 Å². The minimum atomic E-state index is -2.41. The molecule has 0 aromatic carbocycles. The van der Waals surface area contributed by atoms with Crippen LogP contribution >= 0.6 is 0 Å². The summed E-state index contributed by atoms with van der Waals surface area (Å²) >= 11 is 0. The first-order valence-corrected chi connectivity index (χ1v) is 24.9. The number of allylic oxidation sites excluding steroid dienone is 6. The Morgan fingerprint density at radius 1 is 0.836 bits per heavy atom. The van der Waals surface area contributed by atoms with Gasteiger partial charge in [0.2, 0.25) is 5.79 Å². The Labute approximate surface area is 400 Å². The lowest BCUT2D eigenvalue weighted by atomic mass is 9.78. The zero-order valence-electron chi connectivity index (χ0n) is 42.1. The molecule has 1 aliphatic carbocycles. The Hall–Kier alpha value is -3.37. The third kappa shape index (κ3) is 15.6. The van der Waals surface area contributed by atoms with Gasteiger partial charge in [-0.3, -0.25) is 19.2 Å². The summed E-state index contributed by atoms with van der Waals surface area (Å²) in [6.45, 7) is 13.5. The van der Waals surface area contributed by atoms with E-state index in [0.29, 0.717) is 51.4 Å². The highest BCUT2D eigenvalue weighted by atomic mass is 16.6. The second-order valence-electron chi connectivity index (χ2n) is 20.0. The lowest BCUT2D eigenvalue weighted by Gasteiger charge is -2.42. The molecule has 3 heterocycles. The molecule has 14 heteroatoms. The summed E-state index contributed by atoms with van der Waals surface area (Å²) in [5.41, 5.74) is 0.902. The summed E-state index contributed by atoms with van der Waals surface area (Å²) in [4.78, 5) is 72.0.